The van der Waals surface area contributed by atoms with Crippen LogP contribution in [0.4, 0.5) is 0 Å². The lowest BCUT2D eigenvalue weighted by Crippen LogP contribution is -2.35. The molecule has 2 fully saturated rings. The molecule has 212 valence electrons. The minimum Gasteiger partial charge on any atom is -0.473 e. The third-order valence-electron chi connectivity index (χ3n) is 8.03. The molecule has 6 rings (SSSR count). The van der Waals surface area contributed by atoms with Gasteiger partial charge in [0.05, 0.1) is 37.9 Å². The standard InChI is InChI=1S/C31H33N5O4S/c1-20-14-21(16-32)6-7-23(20)19-40-29-5-3-4-25(34-29)22-8-11-35(12-9-22)18-28-33-26-15-27(31(37)38-2)41-30(26)36(28)17-24-10-13-39-24/h3-7,14-15,22,24H,8-13,17-19H2,1-2H3. The number of benzene rings is 1. The van der Waals surface area contributed by atoms with Crippen LogP contribution in [0.5, 0.6) is 5.88 Å². The molecule has 5 heterocycles. The summed E-state index contributed by atoms with van der Waals surface area (Å²) in [6.45, 7) is 6.64. The van der Waals surface area contributed by atoms with Crippen molar-refractivity contribution in [2.24, 2.45) is 0 Å². The number of hydrogen-bond acceptors (Lipinski definition) is 9. The summed E-state index contributed by atoms with van der Waals surface area (Å²) in [5.41, 5.74) is 4.65. The van der Waals surface area contributed by atoms with E-state index in [-0.39, 0.29) is 12.1 Å². The third-order valence-corrected chi connectivity index (χ3v) is 9.16. The molecule has 0 aliphatic carbocycles. The highest BCUT2D eigenvalue weighted by Crippen LogP contribution is 2.32. The van der Waals surface area contributed by atoms with Crippen molar-refractivity contribution in [2.45, 2.75) is 57.9 Å². The largest absolute Gasteiger partial charge is 0.473 e. The molecule has 0 spiro atoms. The normalized spacial score (nSPS) is 17.7. The maximum absolute atomic E-state index is 12.1. The van der Waals surface area contributed by atoms with E-state index in [1.807, 2.05) is 43.3 Å². The Balaban J connectivity index is 1.09. The molecular formula is C31H33N5O4S. The lowest BCUT2D eigenvalue weighted by molar-refractivity contribution is -0.0591. The highest BCUT2D eigenvalue weighted by Gasteiger charge is 2.27. The maximum Gasteiger partial charge on any atom is 0.348 e. The summed E-state index contributed by atoms with van der Waals surface area (Å²) in [6, 6.07) is 15.7. The number of hydrogen-bond donors (Lipinski definition) is 0. The molecule has 2 aliphatic heterocycles. The Morgan fingerprint density at radius 1 is 1.17 bits per heavy atom. The highest BCUT2D eigenvalue weighted by molar-refractivity contribution is 7.20. The maximum atomic E-state index is 12.1. The Kier molecular flexibility index (Phi) is 8.01. The van der Waals surface area contributed by atoms with Crippen LogP contribution in [0, 0.1) is 18.3 Å². The minimum absolute atomic E-state index is 0.196. The zero-order valence-corrected chi connectivity index (χ0v) is 24.2. The Morgan fingerprint density at radius 3 is 2.71 bits per heavy atom. The molecule has 4 aromatic rings. The SMILES string of the molecule is COC(=O)c1cc2nc(CN3CCC(c4cccc(OCc5ccc(C#N)cc5C)n4)CC3)n(CC3CCO3)c2s1. The average molecular weight is 572 g/mol. The van der Waals surface area contributed by atoms with Gasteiger partial charge in [-0.05, 0) is 74.7 Å². The van der Waals surface area contributed by atoms with Gasteiger partial charge >= 0.3 is 5.97 Å². The molecule has 0 N–H and O–H groups in total. The molecule has 1 atom stereocenters. The predicted octanol–water partition coefficient (Wildman–Crippen LogP) is 5.21. The van der Waals surface area contributed by atoms with Crippen molar-refractivity contribution in [1.29, 1.82) is 5.26 Å². The zero-order valence-electron chi connectivity index (χ0n) is 23.3. The van der Waals surface area contributed by atoms with Gasteiger partial charge < -0.3 is 18.8 Å². The van der Waals surface area contributed by atoms with Crippen LogP contribution in [0.3, 0.4) is 0 Å². The lowest BCUT2D eigenvalue weighted by Gasteiger charge is -2.32. The van der Waals surface area contributed by atoms with Crippen molar-refractivity contribution in [3.63, 3.8) is 0 Å². The van der Waals surface area contributed by atoms with Gasteiger partial charge in [-0.15, -0.1) is 11.3 Å². The summed E-state index contributed by atoms with van der Waals surface area (Å²) in [5.74, 6) is 1.69. The number of imidazole rings is 1. The van der Waals surface area contributed by atoms with E-state index in [9.17, 15) is 4.79 Å². The van der Waals surface area contributed by atoms with Crippen LogP contribution >= 0.6 is 11.3 Å². The average Bonchev–Trinajstić information content (AvgIpc) is 3.52. The van der Waals surface area contributed by atoms with Crippen LogP contribution < -0.4 is 4.74 Å². The number of esters is 1. The Bertz CT molecular complexity index is 1590. The molecule has 9 nitrogen and oxygen atoms in total. The Hall–Kier alpha value is -3.78. The second-order valence-electron chi connectivity index (χ2n) is 10.7. The number of nitrogens with zero attached hydrogens (tertiary/aromatic N) is 5. The fourth-order valence-corrected chi connectivity index (χ4v) is 6.55. The molecule has 41 heavy (non-hydrogen) atoms. The molecule has 2 saturated heterocycles. The molecular weight excluding hydrogens is 538 g/mol. The monoisotopic (exact) mass is 571 g/mol. The summed E-state index contributed by atoms with van der Waals surface area (Å²) in [4.78, 5) is 25.9. The molecule has 1 aromatic carbocycles. The van der Waals surface area contributed by atoms with Gasteiger partial charge in [0.15, 0.2) is 0 Å². The number of carbonyl (C=O) groups is 1. The second kappa shape index (κ2) is 12.0. The smallest absolute Gasteiger partial charge is 0.348 e. The first-order chi connectivity index (χ1) is 20.0. The number of methoxy groups -OCH3 is 1. The van der Waals surface area contributed by atoms with Gasteiger partial charge in [0.25, 0.3) is 0 Å². The van der Waals surface area contributed by atoms with Crippen LogP contribution in [0.2, 0.25) is 0 Å². The summed E-state index contributed by atoms with van der Waals surface area (Å²) < 4.78 is 18.9. The van der Waals surface area contributed by atoms with E-state index in [1.54, 1.807) is 0 Å². The minimum atomic E-state index is -0.324. The van der Waals surface area contributed by atoms with Gasteiger partial charge in [-0.1, -0.05) is 12.1 Å². The molecule has 2 aliphatic rings. The van der Waals surface area contributed by atoms with Crippen molar-refractivity contribution in [3.05, 3.63) is 75.6 Å². The highest BCUT2D eigenvalue weighted by atomic mass is 32.1. The fourth-order valence-electron chi connectivity index (χ4n) is 5.51. The van der Waals surface area contributed by atoms with Crippen molar-refractivity contribution in [3.8, 4) is 11.9 Å². The van der Waals surface area contributed by atoms with Gasteiger partial charge in [-0.2, -0.15) is 5.26 Å². The number of piperidine rings is 1. The topological polar surface area (TPSA) is 102 Å². The number of thiophene rings is 1. The van der Waals surface area contributed by atoms with E-state index in [0.29, 0.717) is 28.8 Å². The first-order valence-corrected chi connectivity index (χ1v) is 14.8. The zero-order chi connectivity index (χ0) is 28.3. The van der Waals surface area contributed by atoms with Gasteiger partial charge in [-0.25, -0.2) is 14.8 Å². The van der Waals surface area contributed by atoms with Gasteiger partial charge in [0.2, 0.25) is 5.88 Å². The first kappa shape index (κ1) is 27.4. The summed E-state index contributed by atoms with van der Waals surface area (Å²) >= 11 is 1.44. The summed E-state index contributed by atoms with van der Waals surface area (Å²) in [5, 5.41) is 9.10. The number of pyridine rings is 1. The van der Waals surface area contributed by atoms with Gasteiger partial charge in [-0.3, -0.25) is 4.90 Å². The van der Waals surface area contributed by atoms with Crippen LogP contribution in [-0.4, -0.2) is 58.3 Å². The number of aromatic nitrogens is 3. The second-order valence-corrected chi connectivity index (χ2v) is 11.7. The molecule has 1 unspecified atom stereocenters. The van der Waals surface area contributed by atoms with Crippen LogP contribution in [0.15, 0.2) is 42.5 Å². The number of aryl methyl sites for hydroxylation is 1. The number of ether oxygens (including phenoxy) is 3. The van der Waals surface area contributed by atoms with Gasteiger partial charge in [0.1, 0.15) is 27.7 Å². The molecule has 10 heteroatoms. The van der Waals surface area contributed by atoms with E-state index in [0.717, 1.165) is 85.0 Å². The summed E-state index contributed by atoms with van der Waals surface area (Å²) in [6.07, 6.45) is 3.27. The van der Waals surface area contributed by atoms with Crippen molar-refractivity contribution < 1.29 is 19.0 Å². The number of likely N-dealkylation sites (tertiary alicyclic amines) is 1. The van der Waals surface area contributed by atoms with E-state index in [1.165, 1.54) is 18.4 Å². The molecule has 0 radical (unpaired) electrons. The van der Waals surface area contributed by atoms with E-state index < -0.39 is 0 Å². The molecule has 3 aromatic heterocycles. The molecule has 0 bridgehead atoms. The number of carbonyl (C=O) groups excluding carboxylic acids is 1. The first-order valence-electron chi connectivity index (χ1n) is 14.0. The fraction of sp³-hybridized carbons (Fsp3) is 0.419. The number of fused-ring (bicyclic) bond motifs is 1. The summed E-state index contributed by atoms with van der Waals surface area (Å²) in [7, 11) is 1.41. The molecule has 0 amide bonds. The van der Waals surface area contributed by atoms with Crippen LogP contribution in [-0.2, 0) is 29.2 Å². The quantitative estimate of drug-likeness (QED) is 0.253. The molecule has 0 saturated carbocycles. The van der Waals surface area contributed by atoms with Crippen molar-refractivity contribution >= 4 is 27.7 Å². The van der Waals surface area contributed by atoms with E-state index in [2.05, 4.69) is 21.6 Å². The Morgan fingerprint density at radius 2 is 2.00 bits per heavy atom. The number of nitriles is 1. The van der Waals surface area contributed by atoms with E-state index in [4.69, 9.17) is 29.4 Å². The lowest BCUT2D eigenvalue weighted by atomic mass is 9.93. The third kappa shape index (κ3) is 5.98. The van der Waals surface area contributed by atoms with Crippen LogP contribution in [0.1, 0.15) is 63.1 Å². The predicted molar refractivity (Wildman–Crippen MR) is 155 cm³/mol. The van der Waals surface area contributed by atoms with Crippen LogP contribution in [0.25, 0.3) is 10.3 Å². The van der Waals surface area contributed by atoms with E-state index >= 15 is 0 Å². The Labute approximate surface area is 243 Å². The van der Waals surface area contributed by atoms with Gasteiger partial charge in [0, 0.05) is 24.3 Å². The van der Waals surface area contributed by atoms with Crippen molar-refractivity contribution in [1.82, 2.24) is 19.4 Å². The van der Waals surface area contributed by atoms with Crippen molar-refractivity contribution in [2.75, 3.05) is 26.8 Å². The number of rotatable bonds is 9.